The molecule has 1 saturated carbocycles. The molecule has 1 saturated heterocycles. The van der Waals surface area contributed by atoms with Crippen molar-refractivity contribution in [2.45, 2.75) is 44.1 Å². The Balaban J connectivity index is 1.80. The summed E-state index contributed by atoms with van der Waals surface area (Å²) in [5.74, 6) is 7.32. The van der Waals surface area contributed by atoms with Gasteiger partial charge in [-0.15, -0.1) is 0 Å². The van der Waals surface area contributed by atoms with Crippen LogP contribution in [-0.4, -0.2) is 30.7 Å². The summed E-state index contributed by atoms with van der Waals surface area (Å²) >= 11 is 0. The van der Waals surface area contributed by atoms with Crippen molar-refractivity contribution in [2.24, 2.45) is 5.84 Å². The minimum Gasteiger partial charge on any atom is -0.493 e. The van der Waals surface area contributed by atoms with E-state index < -0.39 is 0 Å². The van der Waals surface area contributed by atoms with Crippen LogP contribution in [0, 0.1) is 0 Å². The van der Waals surface area contributed by atoms with Gasteiger partial charge in [0.2, 0.25) is 5.91 Å². The van der Waals surface area contributed by atoms with Gasteiger partial charge >= 0.3 is 0 Å². The van der Waals surface area contributed by atoms with E-state index in [0.717, 1.165) is 29.9 Å². The van der Waals surface area contributed by atoms with Crippen LogP contribution >= 0.6 is 0 Å². The van der Waals surface area contributed by atoms with Gasteiger partial charge < -0.3 is 9.47 Å². The van der Waals surface area contributed by atoms with Crippen LogP contribution in [-0.2, 0) is 4.79 Å². The summed E-state index contributed by atoms with van der Waals surface area (Å²) in [6.45, 7) is 0.564. The summed E-state index contributed by atoms with van der Waals surface area (Å²) in [6.07, 6.45) is 5.41. The molecule has 1 unspecified atom stereocenters. The highest BCUT2D eigenvalue weighted by atomic mass is 16.5. The average molecular weight is 290 g/mol. The molecule has 1 aromatic carbocycles. The van der Waals surface area contributed by atoms with Crippen molar-refractivity contribution in [1.82, 2.24) is 5.01 Å². The molecule has 21 heavy (non-hydrogen) atoms. The Labute approximate surface area is 125 Å². The summed E-state index contributed by atoms with van der Waals surface area (Å²) < 4.78 is 11.5. The minimum atomic E-state index is -0.00548. The maximum Gasteiger partial charge on any atom is 0.237 e. The lowest BCUT2D eigenvalue weighted by atomic mass is 9.98. The fourth-order valence-electron chi connectivity index (χ4n) is 3.18. The molecular weight excluding hydrogens is 268 g/mol. The van der Waals surface area contributed by atoms with Crippen LogP contribution in [0.5, 0.6) is 11.5 Å². The largest absolute Gasteiger partial charge is 0.493 e. The second-order valence-electron chi connectivity index (χ2n) is 5.88. The monoisotopic (exact) mass is 290 g/mol. The molecule has 2 fully saturated rings. The quantitative estimate of drug-likeness (QED) is 0.682. The van der Waals surface area contributed by atoms with Gasteiger partial charge in [0.1, 0.15) is 0 Å². The molecule has 1 aromatic rings. The summed E-state index contributed by atoms with van der Waals surface area (Å²) in [5.41, 5.74) is 1.09. The highest BCUT2D eigenvalue weighted by Gasteiger charge is 2.29. The van der Waals surface area contributed by atoms with Crippen LogP contribution in [0.4, 0.5) is 0 Å². The van der Waals surface area contributed by atoms with E-state index in [-0.39, 0.29) is 17.9 Å². The zero-order chi connectivity index (χ0) is 14.8. The van der Waals surface area contributed by atoms with E-state index in [1.165, 1.54) is 17.9 Å². The van der Waals surface area contributed by atoms with Gasteiger partial charge in [0, 0.05) is 18.9 Å². The third-order valence-electron chi connectivity index (χ3n) is 4.41. The maximum atomic E-state index is 11.6. The molecule has 1 aliphatic heterocycles. The Hall–Kier alpha value is -1.75. The summed E-state index contributed by atoms with van der Waals surface area (Å²) in [4.78, 5) is 11.6. The molecule has 1 amide bonds. The highest BCUT2D eigenvalue weighted by Crippen LogP contribution is 2.36. The van der Waals surface area contributed by atoms with Crippen LogP contribution in [0.15, 0.2) is 18.2 Å². The molecule has 0 radical (unpaired) electrons. The van der Waals surface area contributed by atoms with Gasteiger partial charge in [-0.1, -0.05) is 6.07 Å². The number of carbonyl (C=O) groups excluding carboxylic acids is 1. The van der Waals surface area contributed by atoms with Crippen LogP contribution in [0.25, 0.3) is 0 Å². The number of hydrogen-bond donors (Lipinski definition) is 1. The second-order valence-corrected chi connectivity index (χ2v) is 5.88. The van der Waals surface area contributed by atoms with Crippen LogP contribution in [0.1, 0.15) is 43.6 Å². The molecule has 0 aromatic heterocycles. The Morgan fingerprint density at radius 3 is 2.62 bits per heavy atom. The Kier molecular flexibility index (Phi) is 4.01. The minimum absolute atomic E-state index is 0.00548. The number of hydrazine groups is 1. The van der Waals surface area contributed by atoms with Crippen molar-refractivity contribution in [3.8, 4) is 11.5 Å². The molecule has 5 heteroatoms. The van der Waals surface area contributed by atoms with E-state index in [1.807, 2.05) is 18.2 Å². The molecule has 3 rings (SSSR count). The lowest BCUT2D eigenvalue weighted by molar-refractivity contribution is -0.127. The van der Waals surface area contributed by atoms with Crippen molar-refractivity contribution in [3.63, 3.8) is 0 Å². The standard InChI is InChI=1S/C16H22N2O3/c1-20-14-7-6-11(12-9-16(19)18(17)10-12)8-15(14)21-13-4-2-3-5-13/h6-8,12-13H,2-5,9-10,17H2,1H3. The van der Waals surface area contributed by atoms with Gasteiger partial charge in [0.25, 0.3) is 0 Å². The zero-order valence-electron chi connectivity index (χ0n) is 12.4. The zero-order valence-corrected chi connectivity index (χ0v) is 12.4. The van der Waals surface area contributed by atoms with E-state index in [9.17, 15) is 4.79 Å². The first-order valence-corrected chi connectivity index (χ1v) is 7.57. The third-order valence-corrected chi connectivity index (χ3v) is 4.41. The fraction of sp³-hybridized carbons (Fsp3) is 0.562. The maximum absolute atomic E-state index is 11.6. The van der Waals surface area contributed by atoms with Gasteiger partial charge in [0.05, 0.1) is 13.2 Å². The van der Waals surface area contributed by atoms with E-state index >= 15 is 0 Å². The van der Waals surface area contributed by atoms with Crippen LogP contribution < -0.4 is 15.3 Å². The molecule has 2 N–H and O–H groups in total. The number of hydrogen-bond acceptors (Lipinski definition) is 4. The van der Waals surface area contributed by atoms with Crippen molar-refractivity contribution in [3.05, 3.63) is 23.8 Å². The number of nitrogens with two attached hydrogens (primary N) is 1. The van der Waals surface area contributed by atoms with Crippen molar-refractivity contribution in [2.75, 3.05) is 13.7 Å². The van der Waals surface area contributed by atoms with Crippen LogP contribution in [0.3, 0.4) is 0 Å². The number of ether oxygens (including phenoxy) is 2. The number of rotatable bonds is 4. The summed E-state index contributed by atoms with van der Waals surface area (Å²) in [5, 5.41) is 1.30. The summed E-state index contributed by atoms with van der Waals surface area (Å²) in [7, 11) is 1.65. The lowest BCUT2D eigenvalue weighted by Gasteiger charge is -2.18. The lowest BCUT2D eigenvalue weighted by Crippen LogP contribution is -2.31. The topological polar surface area (TPSA) is 64.8 Å². The molecule has 0 spiro atoms. The molecule has 5 nitrogen and oxygen atoms in total. The molecule has 1 heterocycles. The first-order chi connectivity index (χ1) is 10.2. The highest BCUT2D eigenvalue weighted by molar-refractivity contribution is 5.79. The molecule has 1 atom stereocenters. The van der Waals surface area contributed by atoms with E-state index in [4.69, 9.17) is 15.3 Å². The first-order valence-electron chi connectivity index (χ1n) is 7.57. The number of benzene rings is 1. The van der Waals surface area contributed by atoms with E-state index in [1.54, 1.807) is 7.11 Å². The molecular formula is C16H22N2O3. The molecule has 0 bridgehead atoms. The van der Waals surface area contributed by atoms with E-state index in [2.05, 4.69) is 0 Å². The number of methoxy groups -OCH3 is 1. The Morgan fingerprint density at radius 2 is 2.00 bits per heavy atom. The van der Waals surface area contributed by atoms with Crippen molar-refractivity contribution >= 4 is 5.91 Å². The number of nitrogens with zero attached hydrogens (tertiary/aromatic N) is 1. The number of carbonyl (C=O) groups is 1. The van der Waals surface area contributed by atoms with Gasteiger partial charge in [-0.2, -0.15) is 0 Å². The first kappa shape index (κ1) is 14.2. The Bertz CT molecular complexity index is 526. The van der Waals surface area contributed by atoms with Crippen molar-refractivity contribution in [1.29, 1.82) is 0 Å². The smallest absolute Gasteiger partial charge is 0.237 e. The van der Waals surface area contributed by atoms with Gasteiger partial charge in [-0.05, 0) is 43.4 Å². The Morgan fingerprint density at radius 1 is 1.24 bits per heavy atom. The molecule has 114 valence electrons. The van der Waals surface area contributed by atoms with Gasteiger partial charge in [-0.3, -0.25) is 9.80 Å². The van der Waals surface area contributed by atoms with Gasteiger partial charge in [-0.25, -0.2) is 5.84 Å². The average Bonchev–Trinajstić information content (AvgIpc) is 3.10. The van der Waals surface area contributed by atoms with E-state index in [0.29, 0.717) is 13.0 Å². The van der Waals surface area contributed by atoms with Crippen molar-refractivity contribution < 1.29 is 14.3 Å². The summed E-state index contributed by atoms with van der Waals surface area (Å²) in [6, 6.07) is 5.93. The molecule has 2 aliphatic rings. The SMILES string of the molecule is COc1ccc(C2CC(=O)N(N)C2)cc1OC1CCCC1. The number of amides is 1. The molecule has 1 aliphatic carbocycles. The fourth-order valence-corrected chi connectivity index (χ4v) is 3.18. The predicted octanol–water partition coefficient (Wildman–Crippen LogP) is 2.21. The second kappa shape index (κ2) is 5.93. The van der Waals surface area contributed by atoms with Gasteiger partial charge in [0.15, 0.2) is 11.5 Å². The predicted molar refractivity (Wildman–Crippen MR) is 79.1 cm³/mol. The normalized spacial score (nSPS) is 22.9. The third kappa shape index (κ3) is 2.97. The van der Waals surface area contributed by atoms with Crippen LogP contribution in [0.2, 0.25) is 0 Å².